The minimum atomic E-state index is -5.84. The van der Waals surface area contributed by atoms with Crippen LogP contribution in [0.25, 0.3) is 0 Å². The Kier molecular flexibility index (Phi) is 8.94. The van der Waals surface area contributed by atoms with E-state index in [1.54, 1.807) is 0 Å². The van der Waals surface area contributed by atoms with E-state index in [4.69, 9.17) is 25.9 Å². The normalized spacial score (nSPS) is 12.6. The van der Waals surface area contributed by atoms with E-state index in [1.165, 1.54) is 0 Å². The average molecular weight is 411 g/mol. The van der Waals surface area contributed by atoms with E-state index < -0.39 is 31.3 Å². The van der Waals surface area contributed by atoms with Gasteiger partial charge in [0.15, 0.2) is 0 Å². The molecule has 8 nitrogen and oxygen atoms in total. The molecule has 0 saturated heterocycles. The van der Waals surface area contributed by atoms with Gasteiger partial charge in [-0.2, -0.15) is 43.2 Å². The number of halogens is 6. The third-order valence-corrected chi connectivity index (χ3v) is 2.94. The summed E-state index contributed by atoms with van der Waals surface area (Å²) >= 11 is 0. The number of rotatable bonds is 1. The van der Waals surface area contributed by atoms with Gasteiger partial charge < -0.3 is 0 Å². The zero-order valence-electron chi connectivity index (χ0n) is 11.9. The molecule has 1 heterocycles. The van der Waals surface area contributed by atoms with Gasteiger partial charge in [0.2, 0.25) is 6.33 Å². The maximum absolute atomic E-state index is 10.7. The monoisotopic (exact) mass is 411 g/mol. The molecule has 0 bridgehead atoms. The average Bonchev–Trinajstić information content (AvgIpc) is 2.71. The van der Waals surface area contributed by atoms with E-state index in [0.29, 0.717) is 0 Å². The first kappa shape index (κ1) is 24.9. The zero-order valence-corrected chi connectivity index (χ0v) is 13.6. The fraction of sp³-hybridized carbons (Fsp3) is 0.625. The SMILES string of the molecule is CCn1cc[n+](C)c1.O=S(=O)(O)C(F)(F)F.O=S(=O)(O)C(F)(F)F. The van der Waals surface area contributed by atoms with Crippen molar-refractivity contribution >= 4 is 20.2 Å². The highest BCUT2D eigenvalue weighted by atomic mass is 32.2. The van der Waals surface area contributed by atoms with Crippen LogP contribution in [0.1, 0.15) is 6.92 Å². The predicted octanol–water partition coefficient (Wildman–Crippen LogP) is 1.12. The highest BCUT2D eigenvalue weighted by Gasteiger charge is 2.45. The van der Waals surface area contributed by atoms with Gasteiger partial charge in [-0.15, -0.1) is 0 Å². The molecule has 0 unspecified atom stereocenters. The molecule has 0 aliphatic rings. The first-order valence-corrected chi connectivity index (χ1v) is 8.29. The highest BCUT2D eigenvalue weighted by Crippen LogP contribution is 2.21. The van der Waals surface area contributed by atoms with E-state index in [9.17, 15) is 26.3 Å². The van der Waals surface area contributed by atoms with Crippen LogP contribution in [0.2, 0.25) is 0 Å². The van der Waals surface area contributed by atoms with Crippen molar-refractivity contribution in [1.29, 1.82) is 0 Å². The van der Waals surface area contributed by atoms with Gasteiger partial charge in [0.25, 0.3) is 0 Å². The molecule has 1 aromatic heterocycles. The Morgan fingerprint density at radius 2 is 1.25 bits per heavy atom. The van der Waals surface area contributed by atoms with Crippen LogP contribution >= 0.6 is 0 Å². The van der Waals surface area contributed by atoms with Crippen LogP contribution in [0, 0.1) is 0 Å². The van der Waals surface area contributed by atoms with Crippen molar-refractivity contribution in [2.24, 2.45) is 7.05 Å². The van der Waals surface area contributed by atoms with Gasteiger partial charge in [-0.05, 0) is 6.92 Å². The van der Waals surface area contributed by atoms with E-state index in [-0.39, 0.29) is 0 Å². The Morgan fingerprint density at radius 3 is 1.33 bits per heavy atom. The minimum Gasteiger partial charge on any atom is -0.279 e. The summed E-state index contributed by atoms with van der Waals surface area (Å²) in [7, 11) is -9.66. The Hall–Kier alpha value is -1.39. The number of hydrogen-bond acceptors (Lipinski definition) is 4. The van der Waals surface area contributed by atoms with Crippen molar-refractivity contribution in [3.63, 3.8) is 0 Å². The third kappa shape index (κ3) is 10.4. The Labute approximate surface area is 132 Å². The molecule has 144 valence electrons. The number of imidazole rings is 1. The number of aryl methyl sites for hydroxylation is 2. The van der Waals surface area contributed by atoms with Gasteiger partial charge >= 0.3 is 31.3 Å². The number of hydrogen-bond donors (Lipinski definition) is 2. The van der Waals surface area contributed by atoms with Crippen molar-refractivity contribution in [2.75, 3.05) is 0 Å². The smallest absolute Gasteiger partial charge is 0.279 e. The van der Waals surface area contributed by atoms with Crippen LogP contribution in [0.15, 0.2) is 18.7 Å². The number of aromatic nitrogens is 2. The van der Waals surface area contributed by atoms with Crippen LogP contribution in [0.5, 0.6) is 0 Å². The zero-order chi connectivity index (χ0) is 20.0. The summed E-state index contributed by atoms with van der Waals surface area (Å²) in [5, 5.41) is 0. The van der Waals surface area contributed by atoms with Crippen molar-refractivity contribution < 1.29 is 56.9 Å². The molecule has 0 radical (unpaired) electrons. The quantitative estimate of drug-likeness (QED) is 0.310. The lowest BCUT2D eigenvalue weighted by atomic mass is 10.7. The highest BCUT2D eigenvalue weighted by molar-refractivity contribution is 7.86. The Bertz CT molecular complexity index is 664. The second-order valence-electron chi connectivity index (χ2n) is 3.75. The maximum atomic E-state index is 10.7. The summed E-state index contributed by atoms with van der Waals surface area (Å²) < 4.78 is 119. The molecule has 0 saturated carbocycles. The molecule has 0 fully saturated rings. The first-order valence-electron chi connectivity index (χ1n) is 5.41. The molecule has 0 atom stereocenters. The molecule has 0 aliphatic heterocycles. The minimum absolute atomic E-state index is 1.06. The van der Waals surface area contributed by atoms with Gasteiger partial charge in [0.1, 0.15) is 12.4 Å². The second-order valence-corrected chi connectivity index (χ2v) is 6.58. The largest absolute Gasteiger partial charge is 0.522 e. The molecule has 1 aromatic rings. The topological polar surface area (TPSA) is 118 Å². The van der Waals surface area contributed by atoms with Gasteiger partial charge in [-0.3, -0.25) is 9.11 Å². The molecule has 0 spiro atoms. The van der Waals surface area contributed by atoms with E-state index in [0.717, 1.165) is 6.54 Å². The van der Waals surface area contributed by atoms with Crippen LogP contribution in [0.3, 0.4) is 0 Å². The molecule has 16 heteroatoms. The lowest BCUT2D eigenvalue weighted by Gasteiger charge is -1.97. The Morgan fingerprint density at radius 1 is 0.958 bits per heavy atom. The van der Waals surface area contributed by atoms with Crippen LogP contribution in [0.4, 0.5) is 26.3 Å². The lowest BCUT2D eigenvalue weighted by molar-refractivity contribution is -0.671. The van der Waals surface area contributed by atoms with Crippen molar-refractivity contribution in [3.05, 3.63) is 18.7 Å². The van der Waals surface area contributed by atoms with Gasteiger partial charge in [-0.1, -0.05) is 0 Å². The standard InChI is InChI=1S/C6H11N2.2CHF3O3S/c1-3-8-5-4-7(2)6-8;2*2-1(3,4)8(5,6)7/h4-6H,3H2,1-2H3;2*(H,5,6,7)/q+1;;. The molecule has 0 aromatic carbocycles. The Balaban J connectivity index is 0. The molecule has 24 heavy (non-hydrogen) atoms. The number of nitrogens with zero attached hydrogens (tertiary/aromatic N) is 2. The van der Waals surface area contributed by atoms with E-state index in [2.05, 4.69) is 24.0 Å². The van der Waals surface area contributed by atoms with Crippen molar-refractivity contribution in [2.45, 2.75) is 24.5 Å². The van der Waals surface area contributed by atoms with Gasteiger partial charge in [0.05, 0.1) is 13.6 Å². The molecular formula is C8H13F6N2O6S2+. The molecule has 0 amide bonds. The molecule has 0 aliphatic carbocycles. The van der Waals surface area contributed by atoms with E-state index in [1.807, 2.05) is 17.8 Å². The predicted molar refractivity (Wildman–Crippen MR) is 66.5 cm³/mol. The fourth-order valence-corrected chi connectivity index (χ4v) is 0.689. The summed E-state index contributed by atoms with van der Waals surface area (Å²) in [5.74, 6) is 0. The molecule has 1 rings (SSSR count). The van der Waals surface area contributed by atoms with Gasteiger partial charge in [0, 0.05) is 0 Å². The summed E-state index contributed by atoms with van der Waals surface area (Å²) in [6.45, 7) is 3.18. The second kappa shape index (κ2) is 8.63. The van der Waals surface area contributed by atoms with Gasteiger partial charge in [-0.25, -0.2) is 9.13 Å². The third-order valence-electron chi connectivity index (χ3n) is 1.77. The van der Waals surface area contributed by atoms with Crippen LogP contribution in [-0.2, 0) is 33.8 Å². The van der Waals surface area contributed by atoms with Crippen LogP contribution in [-0.4, -0.2) is 41.5 Å². The summed E-state index contributed by atoms with van der Waals surface area (Å²) in [5.41, 5.74) is -11.1. The summed E-state index contributed by atoms with van der Waals surface area (Å²) in [6.07, 6.45) is 6.14. The van der Waals surface area contributed by atoms with E-state index >= 15 is 0 Å². The molecule has 2 N–H and O–H groups in total. The number of alkyl halides is 6. The van der Waals surface area contributed by atoms with Crippen LogP contribution < -0.4 is 4.57 Å². The summed E-state index contributed by atoms with van der Waals surface area (Å²) in [6, 6.07) is 0. The maximum Gasteiger partial charge on any atom is 0.522 e. The fourth-order valence-electron chi connectivity index (χ4n) is 0.689. The van der Waals surface area contributed by atoms with Crippen molar-refractivity contribution in [3.8, 4) is 0 Å². The molecular weight excluding hydrogens is 398 g/mol. The van der Waals surface area contributed by atoms with Crippen molar-refractivity contribution in [1.82, 2.24) is 4.57 Å². The first-order chi connectivity index (χ1) is 10.3. The summed E-state index contributed by atoms with van der Waals surface area (Å²) in [4.78, 5) is 0. The lowest BCUT2D eigenvalue weighted by Crippen LogP contribution is -2.23.